The van der Waals surface area contributed by atoms with Crippen LogP contribution < -0.4 is 0 Å². The molecule has 1 saturated carbocycles. The van der Waals surface area contributed by atoms with Gasteiger partial charge < -0.3 is 4.90 Å². The van der Waals surface area contributed by atoms with E-state index in [0.717, 1.165) is 18.0 Å². The molecule has 0 aromatic heterocycles. The molecule has 0 spiro atoms. The Balaban J connectivity index is 2.31. The van der Waals surface area contributed by atoms with Crippen LogP contribution in [0, 0.1) is 0 Å². The first kappa shape index (κ1) is 12.3. The van der Waals surface area contributed by atoms with Crippen LogP contribution in [-0.2, 0) is 0 Å². The molecule has 0 unspecified atom stereocenters. The summed E-state index contributed by atoms with van der Waals surface area (Å²) in [5, 5.41) is 0. The first-order chi connectivity index (χ1) is 6.69. The molecule has 0 aromatic rings. The summed E-state index contributed by atoms with van der Waals surface area (Å²) in [6.07, 6.45) is 5.39. The highest BCUT2D eigenvalue weighted by molar-refractivity contribution is 7.80. The molecule has 0 aliphatic heterocycles. The van der Waals surface area contributed by atoms with Crippen LogP contribution in [0.15, 0.2) is 0 Å². The van der Waals surface area contributed by atoms with Crippen molar-refractivity contribution in [3.63, 3.8) is 0 Å². The van der Waals surface area contributed by atoms with E-state index in [1.165, 1.54) is 32.2 Å². The number of rotatable bonds is 4. The van der Waals surface area contributed by atoms with Gasteiger partial charge in [-0.15, -0.1) is 0 Å². The van der Waals surface area contributed by atoms with Crippen molar-refractivity contribution in [2.24, 2.45) is 0 Å². The molecule has 1 fully saturated rings. The smallest absolute Gasteiger partial charge is 0.0414 e. The van der Waals surface area contributed by atoms with Gasteiger partial charge in [0, 0.05) is 18.0 Å². The highest BCUT2D eigenvalue weighted by atomic mass is 32.1. The largest absolute Gasteiger partial charge is 0.304 e. The maximum absolute atomic E-state index is 4.32. The third-order valence-electron chi connectivity index (χ3n) is 3.63. The quantitative estimate of drug-likeness (QED) is 0.568. The summed E-state index contributed by atoms with van der Waals surface area (Å²) in [6, 6.07) is 1.60. The Kier molecular flexibility index (Phi) is 5.28. The Labute approximate surface area is 94.1 Å². The SMILES string of the molecule is CCN(C)C1CCC(N(C)CS)CC1. The molecule has 14 heavy (non-hydrogen) atoms. The molecule has 0 amide bonds. The van der Waals surface area contributed by atoms with Crippen LogP contribution in [0.1, 0.15) is 32.6 Å². The lowest BCUT2D eigenvalue weighted by molar-refractivity contribution is 0.139. The summed E-state index contributed by atoms with van der Waals surface area (Å²) in [5.41, 5.74) is 0. The van der Waals surface area contributed by atoms with E-state index < -0.39 is 0 Å². The van der Waals surface area contributed by atoms with Crippen LogP contribution in [0.3, 0.4) is 0 Å². The summed E-state index contributed by atoms with van der Waals surface area (Å²) in [7, 11) is 4.43. The fourth-order valence-electron chi connectivity index (χ4n) is 2.31. The fourth-order valence-corrected chi connectivity index (χ4v) is 2.54. The Morgan fingerprint density at radius 1 is 1.00 bits per heavy atom. The van der Waals surface area contributed by atoms with Crippen molar-refractivity contribution in [1.82, 2.24) is 9.80 Å². The van der Waals surface area contributed by atoms with Gasteiger partial charge in [0.05, 0.1) is 0 Å². The van der Waals surface area contributed by atoms with Crippen molar-refractivity contribution in [2.75, 3.05) is 26.5 Å². The van der Waals surface area contributed by atoms with Gasteiger partial charge in [-0.3, -0.25) is 4.90 Å². The lowest BCUT2D eigenvalue weighted by Gasteiger charge is -2.37. The van der Waals surface area contributed by atoms with Crippen molar-refractivity contribution in [3.8, 4) is 0 Å². The first-order valence-electron chi connectivity index (χ1n) is 5.70. The summed E-state index contributed by atoms with van der Waals surface area (Å²) < 4.78 is 0. The summed E-state index contributed by atoms with van der Waals surface area (Å²) in [6.45, 7) is 3.42. The molecule has 1 aliphatic rings. The zero-order chi connectivity index (χ0) is 10.6. The van der Waals surface area contributed by atoms with Crippen LogP contribution in [0.2, 0.25) is 0 Å². The standard InChI is InChI=1S/C11H24N2S/c1-4-12(2)10-5-7-11(8-6-10)13(3)9-14/h10-11,14H,4-9H2,1-3H3. The van der Waals surface area contributed by atoms with E-state index in [0.29, 0.717) is 0 Å². The minimum Gasteiger partial charge on any atom is -0.304 e. The molecule has 0 saturated heterocycles. The molecule has 0 N–H and O–H groups in total. The average Bonchev–Trinajstić information content (AvgIpc) is 2.27. The third kappa shape index (κ3) is 3.14. The first-order valence-corrected chi connectivity index (χ1v) is 6.33. The Morgan fingerprint density at radius 3 is 1.79 bits per heavy atom. The number of hydrogen-bond donors (Lipinski definition) is 1. The zero-order valence-corrected chi connectivity index (χ0v) is 10.6. The van der Waals surface area contributed by atoms with Crippen molar-refractivity contribution in [2.45, 2.75) is 44.7 Å². The van der Waals surface area contributed by atoms with E-state index in [2.05, 4.69) is 43.4 Å². The van der Waals surface area contributed by atoms with Gasteiger partial charge in [-0.2, -0.15) is 12.6 Å². The number of thiol groups is 1. The third-order valence-corrected chi connectivity index (χ3v) is 4.08. The van der Waals surface area contributed by atoms with Crippen LogP contribution in [0.4, 0.5) is 0 Å². The van der Waals surface area contributed by atoms with Gasteiger partial charge in [0.1, 0.15) is 0 Å². The van der Waals surface area contributed by atoms with Gasteiger partial charge in [0.15, 0.2) is 0 Å². The summed E-state index contributed by atoms with van der Waals surface area (Å²) >= 11 is 4.32. The van der Waals surface area contributed by atoms with Crippen molar-refractivity contribution in [3.05, 3.63) is 0 Å². The second-order valence-corrected chi connectivity index (χ2v) is 4.72. The van der Waals surface area contributed by atoms with Gasteiger partial charge in [0.25, 0.3) is 0 Å². The maximum Gasteiger partial charge on any atom is 0.0414 e. The summed E-state index contributed by atoms with van der Waals surface area (Å²) in [4.78, 5) is 4.85. The molecule has 1 rings (SSSR count). The monoisotopic (exact) mass is 216 g/mol. The zero-order valence-electron chi connectivity index (χ0n) is 9.74. The molecule has 2 nitrogen and oxygen atoms in total. The predicted molar refractivity (Wildman–Crippen MR) is 66.0 cm³/mol. The van der Waals surface area contributed by atoms with Crippen LogP contribution in [-0.4, -0.2) is 48.4 Å². The highest BCUT2D eigenvalue weighted by Gasteiger charge is 2.24. The van der Waals surface area contributed by atoms with Gasteiger partial charge in [-0.25, -0.2) is 0 Å². The van der Waals surface area contributed by atoms with Gasteiger partial charge in [-0.1, -0.05) is 6.92 Å². The Bertz CT molecular complexity index is 137. The molecule has 0 bridgehead atoms. The minimum absolute atomic E-state index is 0.772. The second kappa shape index (κ2) is 5.99. The van der Waals surface area contributed by atoms with E-state index in [-0.39, 0.29) is 0 Å². The van der Waals surface area contributed by atoms with Gasteiger partial charge >= 0.3 is 0 Å². The normalized spacial score (nSPS) is 28.7. The lowest BCUT2D eigenvalue weighted by atomic mass is 9.90. The highest BCUT2D eigenvalue weighted by Crippen LogP contribution is 2.25. The lowest BCUT2D eigenvalue weighted by Crippen LogP contribution is -2.41. The van der Waals surface area contributed by atoms with Gasteiger partial charge in [-0.05, 0) is 46.3 Å². The minimum atomic E-state index is 0.772. The van der Waals surface area contributed by atoms with E-state index in [9.17, 15) is 0 Å². The van der Waals surface area contributed by atoms with E-state index >= 15 is 0 Å². The van der Waals surface area contributed by atoms with E-state index in [1.54, 1.807) is 0 Å². The molecule has 1 aliphatic carbocycles. The number of nitrogens with zero attached hydrogens (tertiary/aromatic N) is 2. The topological polar surface area (TPSA) is 6.48 Å². The molecular weight excluding hydrogens is 192 g/mol. The molecule has 84 valence electrons. The Hall–Kier alpha value is 0.270. The molecule has 0 heterocycles. The molecular formula is C11H24N2S. The average molecular weight is 216 g/mol. The molecule has 3 heteroatoms. The maximum atomic E-state index is 4.32. The molecule has 0 radical (unpaired) electrons. The van der Waals surface area contributed by atoms with Crippen LogP contribution in [0.5, 0.6) is 0 Å². The Morgan fingerprint density at radius 2 is 1.43 bits per heavy atom. The second-order valence-electron chi connectivity index (χ2n) is 4.43. The molecule has 0 atom stereocenters. The van der Waals surface area contributed by atoms with Crippen LogP contribution >= 0.6 is 12.6 Å². The van der Waals surface area contributed by atoms with Crippen molar-refractivity contribution < 1.29 is 0 Å². The van der Waals surface area contributed by atoms with Gasteiger partial charge in [0.2, 0.25) is 0 Å². The van der Waals surface area contributed by atoms with Crippen LogP contribution in [0.25, 0.3) is 0 Å². The van der Waals surface area contributed by atoms with Crippen molar-refractivity contribution in [1.29, 1.82) is 0 Å². The number of hydrogen-bond acceptors (Lipinski definition) is 3. The van der Waals surface area contributed by atoms with E-state index in [1.807, 2.05) is 0 Å². The van der Waals surface area contributed by atoms with Crippen molar-refractivity contribution >= 4 is 12.6 Å². The van der Waals surface area contributed by atoms with E-state index in [4.69, 9.17) is 0 Å². The predicted octanol–water partition coefficient (Wildman–Crippen LogP) is 2.07. The summed E-state index contributed by atoms with van der Waals surface area (Å²) in [5.74, 6) is 0.888. The fraction of sp³-hybridized carbons (Fsp3) is 1.00. The molecule has 0 aromatic carbocycles.